The summed E-state index contributed by atoms with van der Waals surface area (Å²) in [6.45, 7) is 5.79. The van der Waals surface area contributed by atoms with Crippen molar-refractivity contribution in [3.63, 3.8) is 0 Å². The van der Waals surface area contributed by atoms with Crippen LogP contribution in [-0.2, 0) is 10.0 Å². The zero-order chi connectivity index (χ0) is 17.7. The summed E-state index contributed by atoms with van der Waals surface area (Å²) in [7, 11) is -3.55. The molecular formula is C16H25N3O4S. The number of aliphatic hydroxyl groups is 1. The maximum Gasteiger partial charge on any atom is 0.251 e. The summed E-state index contributed by atoms with van der Waals surface area (Å²) in [4.78, 5) is 12.2. The predicted octanol–water partition coefficient (Wildman–Crippen LogP) is -0.0690. The molecule has 2 rings (SSSR count). The number of amides is 1. The molecule has 4 N–H and O–H groups in total. The fourth-order valence-corrected chi connectivity index (χ4v) is 3.61. The van der Waals surface area contributed by atoms with Crippen molar-refractivity contribution >= 4 is 15.9 Å². The van der Waals surface area contributed by atoms with Crippen LogP contribution in [-0.4, -0.2) is 51.7 Å². The van der Waals surface area contributed by atoms with E-state index in [-0.39, 0.29) is 22.6 Å². The zero-order valence-electron chi connectivity index (χ0n) is 14.0. The van der Waals surface area contributed by atoms with E-state index in [0.29, 0.717) is 31.7 Å². The molecule has 0 bridgehead atoms. The Morgan fingerprint density at radius 1 is 1.29 bits per heavy atom. The first-order valence-corrected chi connectivity index (χ1v) is 9.54. The highest BCUT2D eigenvalue weighted by molar-refractivity contribution is 7.89. The highest BCUT2D eigenvalue weighted by atomic mass is 32.2. The van der Waals surface area contributed by atoms with Crippen LogP contribution < -0.4 is 15.4 Å². The Balaban J connectivity index is 1.94. The summed E-state index contributed by atoms with van der Waals surface area (Å²) < 4.78 is 26.7. The average molecular weight is 355 g/mol. The van der Waals surface area contributed by atoms with Gasteiger partial charge in [-0.15, -0.1) is 0 Å². The number of benzene rings is 1. The van der Waals surface area contributed by atoms with Crippen LogP contribution in [0.5, 0.6) is 0 Å². The molecule has 1 amide bonds. The van der Waals surface area contributed by atoms with Crippen molar-refractivity contribution in [1.82, 2.24) is 15.4 Å². The van der Waals surface area contributed by atoms with Gasteiger partial charge in [-0.3, -0.25) is 4.79 Å². The van der Waals surface area contributed by atoms with Crippen LogP contribution in [0.25, 0.3) is 0 Å². The average Bonchev–Trinajstić information content (AvgIpc) is 2.96. The first-order valence-electron chi connectivity index (χ1n) is 8.06. The normalized spacial score (nSPS) is 21.2. The summed E-state index contributed by atoms with van der Waals surface area (Å²) in [5, 5.41) is 15.5. The Bertz CT molecular complexity index is 658. The van der Waals surface area contributed by atoms with Crippen LogP contribution in [0.2, 0.25) is 0 Å². The number of aliphatic hydroxyl groups excluding tert-OH is 1. The molecule has 1 aromatic rings. The van der Waals surface area contributed by atoms with Crippen molar-refractivity contribution in [3.05, 3.63) is 29.8 Å². The van der Waals surface area contributed by atoms with Gasteiger partial charge in [0.2, 0.25) is 10.0 Å². The van der Waals surface area contributed by atoms with Crippen molar-refractivity contribution < 1.29 is 18.3 Å². The van der Waals surface area contributed by atoms with E-state index in [4.69, 9.17) is 0 Å². The van der Waals surface area contributed by atoms with Crippen LogP contribution in [0.3, 0.4) is 0 Å². The molecule has 0 radical (unpaired) electrons. The third-order valence-electron chi connectivity index (χ3n) is 3.94. The zero-order valence-corrected chi connectivity index (χ0v) is 14.8. The van der Waals surface area contributed by atoms with Gasteiger partial charge in [0.05, 0.1) is 11.0 Å². The summed E-state index contributed by atoms with van der Waals surface area (Å²) in [5.74, 6) is -0.0766. The topological polar surface area (TPSA) is 108 Å². The van der Waals surface area contributed by atoms with Crippen LogP contribution >= 0.6 is 0 Å². The van der Waals surface area contributed by atoms with Crippen LogP contribution in [0, 0.1) is 11.8 Å². The minimum Gasteiger partial charge on any atom is -0.391 e. The Hall–Kier alpha value is -1.48. The molecule has 8 heteroatoms. The molecule has 1 aliphatic heterocycles. The summed E-state index contributed by atoms with van der Waals surface area (Å²) in [5.41, 5.74) is 0.387. The first-order chi connectivity index (χ1) is 11.3. The summed E-state index contributed by atoms with van der Waals surface area (Å²) >= 11 is 0. The van der Waals surface area contributed by atoms with Crippen molar-refractivity contribution in [1.29, 1.82) is 0 Å². The molecule has 0 saturated carbocycles. The third kappa shape index (κ3) is 5.01. The maximum absolute atomic E-state index is 12.1. The predicted molar refractivity (Wildman–Crippen MR) is 91.2 cm³/mol. The van der Waals surface area contributed by atoms with Gasteiger partial charge >= 0.3 is 0 Å². The molecule has 1 heterocycles. The number of nitrogens with one attached hydrogen (secondary N) is 3. The van der Waals surface area contributed by atoms with Crippen molar-refractivity contribution in [3.8, 4) is 0 Å². The molecule has 2 atom stereocenters. The molecule has 0 aliphatic carbocycles. The highest BCUT2D eigenvalue weighted by Crippen LogP contribution is 2.12. The van der Waals surface area contributed by atoms with E-state index >= 15 is 0 Å². The number of hydrogen-bond acceptors (Lipinski definition) is 5. The molecule has 1 aromatic carbocycles. The van der Waals surface area contributed by atoms with Gasteiger partial charge in [0.15, 0.2) is 0 Å². The molecule has 0 aromatic heterocycles. The fourth-order valence-electron chi connectivity index (χ4n) is 2.40. The monoisotopic (exact) mass is 355 g/mol. The smallest absolute Gasteiger partial charge is 0.251 e. The van der Waals surface area contributed by atoms with Gasteiger partial charge in [-0.05, 0) is 30.2 Å². The lowest BCUT2D eigenvalue weighted by atomic mass is 10.1. The highest BCUT2D eigenvalue weighted by Gasteiger charge is 2.25. The van der Waals surface area contributed by atoms with E-state index in [1.54, 1.807) is 0 Å². The lowest BCUT2D eigenvalue weighted by molar-refractivity contribution is 0.0927. The number of rotatable bonds is 7. The van der Waals surface area contributed by atoms with E-state index in [1.165, 1.54) is 24.3 Å². The Morgan fingerprint density at radius 3 is 2.50 bits per heavy atom. The molecule has 1 saturated heterocycles. The SMILES string of the molecule is CC(C)CNS(=O)(=O)c1ccc(C(=O)NCC2CNCC2O)cc1. The summed E-state index contributed by atoms with van der Waals surface area (Å²) in [6.07, 6.45) is -0.454. The lowest BCUT2D eigenvalue weighted by Crippen LogP contribution is -2.34. The van der Waals surface area contributed by atoms with E-state index < -0.39 is 16.1 Å². The van der Waals surface area contributed by atoms with E-state index in [2.05, 4.69) is 15.4 Å². The third-order valence-corrected chi connectivity index (χ3v) is 5.38. The van der Waals surface area contributed by atoms with Crippen molar-refractivity contribution in [2.75, 3.05) is 26.2 Å². The van der Waals surface area contributed by atoms with Gasteiger partial charge in [0.1, 0.15) is 0 Å². The van der Waals surface area contributed by atoms with Crippen LogP contribution in [0.4, 0.5) is 0 Å². The number of hydrogen-bond donors (Lipinski definition) is 4. The number of β-amino-alcohol motifs (C(OH)–C–C–N with tert-alkyl or cyclic N) is 1. The van der Waals surface area contributed by atoms with Gasteiger partial charge < -0.3 is 15.7 Å². The van der Waals surface area contributed by atoms with Gasteiger partial charge in [0.25, 0.3) is 5.91 Å². The van der Waals surface area contributed by atoms with Gasteiger partial charge in [-0.25, -0.2) is 13.1 Å². The Kier molecular flexibility index (Phi) is 6.34. The Labute approximate surface area is 142 Å². The number of carbonyl (C=O) groups is 1. The second-order valence-corrected chi connectivity index (χ2v) is 8.23. The van der Waals surface area contributed by atoms with E-state index in [9.17, 15) is 18.3 Å². The van der Waals surface area contributed by atoms with Crippen LogP contribution in [0.15, 0.2) is 29.2 Å². The molecule has 1 fully saturated rings. The van der Waals surface area contributed by atoms with Crippen molar-refractivity contribution in [2.24, 2.45) is 11.8 Å². The maximum atomic E-state index is 12.1. The molecular weight excluding hydrogens is 330 g/mol. The quantitative estimate of drug-likeness (QED) is 0.548. The minimum atomic E-state index is -3.55. The second kappa shape index (κ2) is 8.06. The summed E-state index contributed by atoms with van der Waals surface area (Å²) in [6, 6.07) is 5.82. The lowest BCUT2D eigenvalue weighted by Gasteiger charge is -2.14. The van der Waals surface area contributed by atoms with E-state index in [0.717, 1.165) is 0 Å². The molecule has 2 unspecified atom stereocenters. The first kappa shape index (κ1) is 18.9. The number of sulfonamides is 1. The second-order valence-electron chi connectivity index (χ2n) is 6.47. The molecule has 24 heavy (non-hydrogen) atoms. The fraction of sp³-hybridized carbons (Fsp3) is 0.562. The Morgan fingerprint density at radius 2 is 1.96 bits per heavy atom. The number of carbonyl (C=O) groups excluding carboxylic acids is 1. The van der Waals surface area contributed by atoms with E-state index in [1.807, 2.05) is 13.8 Å². The molecule has 7 nitrogen and oxygen atoms in total. The molecule has 1 aliphatic rings. The minimum absolute atomic E-state index is 0.00571. The van der Waals surface area contributed by atoms with Gasteiger partial charge in [-0.1, -0.05) is 13.8 Å². The molecule has 0 spiro atoms. The van der Waals surface area contributed by atoms with Crippen molar-refractivity contribution in [2.45, 2.75) is 24.8 Å². The van der Waals surface area contributed by atoms with Gasteiger partial charge in [-0.2, -0.15) is 0 Å². The largest absolute Gasteiger partial charge is 0.391 e. The van der Waals surface area contributed by atoms with Crippen LogP contribution in [0.1, 0.15) is 24.2 Å². The standard InChI is InChI=1S/C16H25N3O4S/c1-11(2)7-19-24(22,23)14-5-3-12(4-6-14)16(21)18-9-13-8-17-10-15(13)20/h3-6,11,13,15,17,19-20H,7-10H2,1-2H3,(H,18,21). The molecule has 134 valence electrons. The van der Waals surface area contributed by atoms with Gasteiger partial charge in [0, 0.05) is 37.7 Å².